The molecule has 0 atom stereocenters. The second kappa shape index (κ2) is 8.66. The molecule has 0 unspecified atom stereocenters. The minimum absolute atomic E-state index is 0.0104. The number of aromatic nitrogens is 2. The molecule has 3 rings (SSSR count). The molecule has 1 aromatic carbocycles. The third-order valence-corrected chi connectivity index (χ3v) is 4.59. The molecule has 0 bridgehead atoms. The van der Waals surface area contributed by atoms with E-state index in [0.717, 1.165) is 5.56 Å². The van der Waals surface area contributed by atoms with Crippen LogP contribution in [0.5, 0.6) is 5.75 Å². The van der Waals surface area contributed by atoms with Gasteiger partial charge in [0.2, 0.25) is 11.8 Å². The second-order valence-electron chi connectivity index (χ2n) is 6.71. The van der Waals surface area contributed by atoms with Crippen LogP contribution < -0.4 is 10.1 Å². The van der Waals surface area contributed by atoms with E-state index in [1.54, 1.807) is 11.8 Å². The van der Waals surface area contributed by atoms with Gasteiger partial charge in [0.15, 0.2) is 12.4 Å². The number of nitrogens with one attached hydrogen (secondary N) is 1. The number of carbonyl (C=O) groups is 2. The first-order chi connectivity index (χ1) is 13.0. The van der Waals surface area contributed by atoms with Crippen molar-refractivity contribution in [3.8, 4) is 5.75 Å². The summed E-state index contributed by atoms with van der Waals surface area (Å²) in [6.07, 6.45) is 1.26. The standard InChI is InChI=1S/C19H24N4O4/c1-13-3-5-16(6-4-13)26-12-18(24)23-9-7-15(8-10-23)19(25)20-11-17-21-14(2)22-27-17/h3-6,15H,7-12H2,1-2H3,(H,20,25). The summed E-state index contributed by atoms with van der Waals surface area (Å²) in [7, 11) is 0. The first kappa shape index (κ1) is 18.9. The van der Waals surface area contributed by atoms with Gasteiger partial charge in [0.1, 0.15) is 5.75 Å². The summed E-state index contributed by atoms with van der Waals surface area (Å²) in [6.45, 7) is 5.06. The third-order valence-electron chi connectivity index (χ3n) is 4.59. The summed E-state index contributed by atoms with van der Waals surface area (Å²) in [5.74, 6) is 1.39. The van der Waals surface area contributed by atoms with E-state index in [-0.39, 0.29) is 30.9 Å². The minimum Gasteiger partial charge on any atom is -0.484 e. The molecule has 1 saturated heterocycles. The van der Waals surface area contributed by atoms with Gasteiger partial charge in [-0.25, -0.2) is 0 Å². The van der Waals surface area contributed by atoms with Gasteiger partial charge in [-0.2, -0.15) is 4.98 Å². The lowest BCUT2D eigenvalue weighted by Gasteiger charge is -2.31. The SMILES string of the molecule is Cc1ccc(OCC(=O)N2CCC(C(=O)NCc3nc(C)no3)CC2)cc1. The molecule has 0 spiro atoms. The van der Waals surface area contributed by atoms with E-state index >= 15 is 0 Å². The van der Waals surface area contributed by atoms with Crippen LogP contribution in [0, 0.1) is 19.8 Å². The Bertz CT molecular complexity index is 779. The third kappa shape index (κ3) is 5.29. The number of likely N-dealkylation sites (tertiary alicyclic amines) is 1. The molecule has 1 N–H and O–H groups in total. The van der Waals surface area contributed by atoms with Crippen molar-refractivity contribution >= 4 is 11.8 Å². The van der Waals surface area contributed by atoms with Crippen molar-refractivity contribution in [1.82, 2.24) is 20.4 Å². The van der Waals surface area contributed by atoms with Crippen LogP contribution in [-0.4, -0.2) is 46.6 Å². The predicted molar refractivity (Wildman–Crippen MR) is 96.9 cm³/mol. The molecule has 1 aliphatic heterocycles. The highest BCUT2D eigenvalue weighted by atomic mass is 16.5. The minimum atomic E-state index is -0.115. The molecule has 144 valence electrons. The summed E-state index contributed by atoms with van der Waals surface area (Å²) in [6, 6.07) is 7.59. The van der Waals surface area contributed by atoms with Gasteiger partial charge in [-0.15, -0.1) is 0 Å². The van der Waals surface area contributed by atoms with Gasteiger partial charge in [-0.05, 0) is 38.8 Å². The average molecular weight is 372 g/mol. The number of carbonyl (C=O) groups excluding carboxylic acids is 2. The van der Waals surface area contributed by atoms with Gasteiger partial charge < -0.3 is 19.5 Å². The Morgan fingerprint density at radius 3 is 2.56 bits per heavy atom. The molecule has 0 radical (unpaired) electrons. The van der Waals surface area contributed by atoms with Crippen molar-refractivity contribution in [3.05, 3.63) is 41.5 Å². The number of benzene rings is 1. The summed E-state index contributed by atoms with van der Waals surface area (Å²) in [5.41, 5.74) is 1.14. The summed E-state index contributed by atoms with van der Waals surface area (Å²) >= 11 is 0. The number of rotatable bonds is 6. The summed E-state index contributed by atoms with van der Waals surface area (Å²) in [4.78, 5) is 30.4. The zero-order chi connectivity index (χ0) is 19.2. The normalized spacial score (nSPS) is 14.8. The second-order valence-corrected chi connectivity index (χ2v) is 6.71. The quantitative estimate of drug-likeness (QED) is 0.827. The highest BCUT2D eigenvalue weighted by Gasteiger charge is 2.27. The van der Waals surface area contributed by atoms with Crippen LogP contribution in [0.4, 0.5) is 0 Å². The number of piperidine rings is 1. The Kier molecular flexibility index (Phi) is 6.05. The van der Waals surface area contributed by atoms with Crippen LogP contribution in [0.15, 0.2) is 28.8 Å². The number of amides is 2. The smallest absolute Gasteiger partial charge is 0.260 e. The van der Waals surface area contributed by atoms with Gasteiger partial charge in [-0.1, -0.05) is 22.9 Å². The van der Waals surface area contributed by atoms with Crippen molar-refractivity contribution in [2.75, 3.05) is 19.7 Å². The fourth-order valence-electron chi connectivity index (χ4n) is 2.98. The highest BCUT2D eigenvalue weighted by Crippen LogP contribution is 2.18. The molecule has 0 aliphatic carbocycles. The first-order valence-electron chi connectivity index (χ1n) is 9.05. The van der Waals surface area contributed by atoms with Crippen LogP contribution in [0.1, 0.15) is 30.1 Å². The van der Waals surface area contributed by atoms with Crippen molar-refractivity contribution in [3.63, 3.8) is 0 Å². The fraction of sp³-hybridized carbons (Fsp3) is 0.474. The fourth-order valence-corrected chi connectivity index (χ4v) is 2.98. The van der Waals surface area contributed by atoms with Gasteiger partial charge in [0.25, 0.3) is 5.91 Å². The highest BCUT2D eigenvalue weighted by molar-refractivity contribution is 5.80. The van der Waals surface area contributed by atoms with E-state index in [0.29, 0.717) is 43.4 Å². The van der Waals surface area contributed by atoms with Crippen molar-refractivity contribution in [2.45, 2.75) is 33.2 Å². The molecular weight excluding hydrogens is 348 g/mol. The molecule has 1 aliphatic rings. The van der Waals surface area contributed by atoms with Gasteiger partial charge in [0.05, 0.1) is 6.54 Å². The van der Waals surface area contributed by atoms with Crippen LogP contribution in [0.2, 0.25) is 0 Å². The van der Waals surface area contributed by atoms with E-state index in [4.69, 9.17) is 9.26 Å². The molecule has 8 nitrogen and oxygen atoms in total. The maximum absolute atomic E-state index is 12.3. The predicted octanol–water partition coefficient (Wildman–Crippen LogP) is 1.62. The van der Waals surface area contributed by atoms with E-state index in [1.165, 1.54) is 0 Å². The molecule has 0 saturated carbocycles. The maximum Gasteiger partial charge on any atom is 0.260 e. The Morgan fingerprint density at radius 2 is 1.93 bits per heavy atom. The summed E-state index contributed by atoms with van der Waals surface area (Å²) < 4.78 is 10.5. The molecule has 8 heteroatoms. The van der Waals surface area contributed by atoms with Crippen LogP contribution in [0.3, 0.4) is 0 Å². The lowest BCUT2D eigenvalue weighted by molar-refractivity contribution is -0.137. The molecule has 1 aromatic heterocycles. The number of hydrogen-bond acceptors (Lipinski definition) is 6. The molecule has 1 fully saturated rings. The number of aryl methyl sites for hydroxylation is 2. The zero-order valence-corrected chi connectivity index (χ0v) is 15.6. The number of ether oxygens (including phenoxy) is 1. The Morgan fingerprint density at radius 1 is 1.22 bits per heavy atom. The van der Waals surface area contributed by atoms with E-state index in [2.05, 4.69) is 15.5 Å². The van der Waals surface area contributed by atoms with Crippen LogP contribution in [-0.2, 0) is 16.1 Å². The molecule has 2 aromatic rings. The zero-order valence-electron chi connectivity index (χ0n) is 15.6. The number of hydrogen-bond donors (Lipinski definition) is 1. The molecule has 2 amide bonds. The van der Waals surface area contributed by atoms with Crippen LogP contribution >= 0.6 is 0 Å². The largest absolute Gasteiger partial charge is 0.484 e. The van der Waals surface area contributed by atoms with Gasteiger partial charge in [-0.3, -0.25) is 9.59 Å². The lowest BCUT2D eigenvalue weighted by Crippen LogP contribution is -2.44. The monoisotopic (exact) mass is 372 g/mol. The van der Waals surface area contributed by atoms with E-state index in [1.807, 2.05) is 31.2 Å². The Hall–Kier alpha value is -2.90. The topological polar surface area (TPSA) is 97.6 Å². The van der Waals surface area contributed by atoms with E-state index in [9.17, 15) is 9.59 Å². The van der Waals surface area contributed by atoms with Gasteiger partial charge in [0, 0.05) is 19.0 Å². The van der Waals surface area contributed by atoms with Crippen LogP contribution in [0.25, 0.3) is 0 Å². The first-order valence-corrected chi connectivity index (χ1v) is 9.05. The molecule has 27 heavy (non-hydrogen) atoms. The average Bonchev–Trinajstić information content (AvgIpc) is 3.11. The summed E-state index contributed by atoms with van der Waals surface area (Å²) in [5, 5.41) is 6.50. The molecular formula is C19H24N4O4. The Balaban J connectivity index is 1.39. The van der Waals surface area contributed by atoms with E-state index < -0.39 is 0 Å². The lowest BCUT2D eigenvalue weighted by atomic mass is 9.96. The van der Waals surface area contributed by atoms with Crippen molar-refractivity contribution in [1.29, 1.82) is 0 Å². The van der Waals surface area contributed by atoms with Crippen molar-refractivity contribution in [2.24, 2.45) is 5.92 Å². The molecule has 2 heterocycles. The maximum atomic E-state index is 12.3. The Labute approximate surface area is 157 Å². The number of nitrogens with zero attached hydrogens (tertiary/aromatic N) is 3. The van der Waals surface area contributed by atoms with Crippen molar-refractivity contribution < 1.29 is 18.8 Å². The van der Waals surface area contributed by atoms with Gasteiger partial charge >= 0.3 is 0 Å².